The van der Waals surface area contributed by atoms with Gasteiger partial charge < -0.3 is 14.6 Å². The number of aliphatic carboxylic acids is 1. The van der Waals surface area contributed by atoms with E-state index < -0.39 is 11.8 Å². The lowest BCUT2D eigenvalue weighted by atomic mass is 10.3. The minimum Gasteiger partial charge on any atom is -0.475 e. The first-order valence-corrected chi connectivity index (χ1v) is 4.30. The van der Waals surface area contributed by atoms with Crippen molar-refractivity contribution in [3.8, 4) is 11.5 Å². The number of hydrogen-bond acceptors (Lipinski definition) is 3. The van der Waals surface area contributed by atoms with Gasteiger partial charge in [0.05, 0.1) is 0 Å². The number of fused-ring (bicyclic) bond motifs is 1. The van der Waals surface area contributed by atoms with E-state index in [-0.39, 0.29) is 0 Å². The van der Waals surface area contributed by atoms with Gasteiger partial charge in [0.25, 0.3) is 0 Å². The van der Waals surface area contributed by atoms with E-state index in [2.05, 4.69) is 0 Å². The second kappa shape index (κ2) is 2.78. The first-order valence-electron chi connectivity index (χ1n) is 3.92. The molecule has 1 atom stereocenters. The van der Waals surface area contributed by atoms with Crippen LogP contribution in [0.25, 0.3) is 0 Å². The zero-order valence-corrected chi connectivity index (χ0v) is 8.04. The van der Waals surface area contributed by atoms with E-state index in [9.17, 15) is 4.79 Å². The molecule has 14 heavy (non-hydrogen) atoms. The number of rotatable bonds is 1. The van der Waals surface area contributed by atoms with Crippen LogP contribution in [0, 0.1) is 0 Å². The molecular formula is C9H7ClO4. The molecule has 4 nitrogen and oxygen atoms in total. The van der Waals surface area contributed by atoms with Gasteiger partial charge >= 0.3 is 11.8 Å². The van der Waals surface area contributed by atoms with Crippen molar-refractivity contribution in [3.63, 3.8) is 0 Å². The van der Waals surface area contributed by atoms with Gasteiger partial charge in [-0.2, -0.15) is 0 Å². The lowest BCUT2D eigenvalue weighted by molar-refractivity contribution is -0.173. The highest BCUT2D eigenvalue weighted by atomic mass is 35.5. The average molecular weight is 215 g/mol. The van der Waals surface area contributed by atoms with E-state index in [0.717, 1.165) is 0 Å². The summed E-state index contributed by atoms with van der Waals surface area (Å²) in [6.07, 6.45) is 0. The van der Waals surface area contributed by atoms with Gasteiger partial charge in [0.15, 0.2) is 11.5 Å². The monoisotopic (exact) mass is 214 g/mol. The number of carboxylic acid groups (broad SMARTS) is 1. The summed E-state index contributed by atoms with van der Waals surface area (Å²) in [6.45, 7) is 1.34. The lowest BCUT2D eigenvalue weighted by Gasteiger charge is -2.16. The Balaban J connectivity index is 2.39. The standard InChI is InChI=1S/C9H7ClO4/c1-9(8(11)12)13-6-3-2-5(10)4-7(6)14-9/h2-4H,1H3,(H,11,12). The second-order valence-electron chi connectivity index (χ2n) is 3.05. The van der Waals surface area contributed by atoms with E-state index in [1.165, 1.54) is 13.0 Å². The molecule has 0 radical (unpaired) electrons. The summed E-state index contributed by atoms with van der Waals surface area (Å²) in [5.41, 5.74) is 0. The number of carbonyl (C=O) groups is 1. The molecular weight excluding hydrogens is 208 g/mol. The van der Waals surface area contributed by atoms with Crippen molar-refractivity contribution in [2.24, 2.45) is 0 Å². The third-order valence-corrected chi connectivity index (χ3v) is 2.14. The predicted molar refractivity (Wildman–Crippen MR) is 48.7 cm³/mol. The molecule has 0 amide bonds. The largest absolute Gasteiger partial charge is 0.475 e. The summed E-state index contributed by atoms with van der Waals surface area (Å²) >= 11 is 5.71. The van der Waals surface area contributed by atoms with Crippen molar-refractivity contribution in [1.82, 2.24) is 0 Å². The third kappa shape index (κ3) is 1.28. The van der Waals surface area contributed by atoms with Crippen molar-refractivity contribution < 1.29 is 19.4 Å². The predicted octanol–water partition coefficient (Wildman–Crippen LogP) is 1.91. The molecule has 1 unspecified atom stereocenters. The van der Waals surface area contributed by atoms with Gasteiger partial charge in [-0.25, -0.2) is 4.79 Å². The second-order valence-corrected chi connectivity index (χ2v) is 3.48. The van der Waals surface area contributed by atoms with E-state index in [0.29, 0.717) is 16.5 Å². The Kier molecular flexibility index (Phi) is 1.82. The van der Waals surface area contributed by atoms with Gasteiger partial charge in [0.2, 0.25) is 0 Å². The summed E-state index contributed by atoms with van der Waals surface area (Å²) in [4.78, 5) is 10.8. The van der Waals surface area contributed by atoms with Crippen molar-refractivity contribution in [1.29, 1.82) is 0 Å². The van der Waals surface area contributed by atoms with Gasteiger partial charge in [0.1, 0.15) is 0 Å². The van der Waals surface area contributed by atoms with E-state index >= 15 is 0 Å². The normalized spacial score (nSPS) is 23.6. The zero-order valence-electron chi connectivity index (χ0n) is 7.28. The van der Waals surface area contributed by atoms with Gasteiger partial charge in [0, 0.05) is 18.0 Å². The van der Waals surface area contributed by atoms with Crippen LogP contribution in [-0.4, -0.2) is 16.9 Å². The SMILES string of the molecule is CC1(C(=O)O)Oc2ccc(Cl)cc2O1. The first kappa shape index (κ1) is 9.15. The molecule has 0 spiro atoms. The number of hydrogen-bond donors (Lipinski definition) is 1. The molecule has 0 bridgehead atoms. The van der Waals surface area contributed by atoms with Gasteiger partial charge in [-0.05, 0) is 12.1 Å². The number of ether oxygens (including phenoxy) is 2. The van der Waals surface area contributed by atoms with Crippen LogP contribution in [0.3, 0.4) is 0 Å². The summed E-state index contributed by atoms with van der Waals surface area (Å²) in [5.74, 6) is -2.08. The maximum absolute atomic E-state index is 10.8. The van der Waals surface area contributed by atoms with Crippen LogP contribution in [0.15, 0.2) is 18.2 Å². The fourth-order valence-corrected chi connectivity index (χ4v) is 1.34. The van der Waals surface area contributed by atoms with Crippen molar-refractivity contribution in [2.75, 3.05) is 0 Å². The zero-order chi connectivity index (χ0) is 10.3. The molecule has 1 aliphatic heterocycles. The van der Waals surface area contributed by atoms with Gasteiger partial charge in [-0.3, -0.25) is 0 Å². The fraction of sp³-hybridized carbons (Fsp3) is 0.222. The summed E-state index contributed by atoms with van der Waals surface area (Å²) < 4.78 is 10.3. The topological polar surface area (TPSA) is 55.8 Å². The summed E-state index contributed by atoms with van der Waals surface area (Å²) in [5, 5.41) is 9.31. The average Bonchev–Trinajstić information content (AvgIpc) is 2.42. The molecule has 1 aromatic rings. The van der Waals surface area contributed by atoms with Crippen LogP contribution in [-0.2, 0) is 4.79 Å². The highest BCUT2D eigenvalue weighted by molar-refractivity contribution is 6.30. The lowest BCUT2D eigenvalue weighted by Crippen LogP contribution is -2.43. The quantitative estimate of drug-likeness (QED) is 0.776. The molecule has 1 N–H and O–H groups in total. The number of carboxylic acids is 1. The summed E-state index contributed by atoms with van der Waals surface area (Å²) in [7, 11) is 0. The van der Waals surface area contributed by atoms with Crippen LogP contribution in [0.2, 0.25) is 5.02 Å². The Bertz CT molecular complexity index is 404. The molecule has 0 saturated carbocycles. The molecule has 0 aromatic heterocycles. The Morgan fingerprint density at radius 3 is 2.71 bits per heavy atom. The van der Waals surface area contributed by atoms with Crippen molar-refractivity contribution >= 4 is 17.6 Å². The van der Waals surface area contributed by atoms with E-state index in [1.807, 2.05) is 0 Å². The van der Waals surface area contributed by atoms with Crippen LogP contribution in [0.4, 0.5) is 0 Å². The maximum atomic E-state index is 10.8. The van der Waals surface area contributed by atoms with Crippen LogP contribution < -0.4 is 9.47 Å². The Labute approximate surface area is 85.0 Å². The summed E-state index contributed by atoms with van der Waals surface area (Å²) in [6, 6.07) is 4.70. The Morgan fingerprint density at radius 1 is 1.43 bits per heavy atom. The maximum Gasteiger partial charge on any atom is 0.390 e. The molecule has 0 fully saturated rings. The van der Waals surface area contributed by atoms with Crippen molar-refractivity contribution in [3.05, 3.63) is 23.2 Å². The van der Waals surface area contributed by atoms with Gasteiger partial charge in [-0.1, -0.05) is 11.6 Å². The first-order chi connectivity index (χ1) is 6.51. The minimum absolute atomic E-state index is 0.349. The van der Waals surface area contributed by atoms with Crippen LogP contribution in [0.1, 0.15) is 6.92 Å². The third-order valence-electron chi connectivity index (χ3n) is 1.90. The minimum atomic E-state index is -1.65. The molecule has 1 heterocycles. The van der Waals surface area contributed by atoms with Crippen LogP contribution >= 0.6 is 11.6 Å². The number of benzene rings is 1. The Hall–Kier alpha value is -1.42. The highest BCUT2D eigenvalue weighted by Crippen LogP contribution is 2.40. The molecule has 1 aromatic carbocycles. The van der Waals surface area contributed by atoms with Gasteiger partial charge in [-0.15, -0.1) is 0 Å². The smallest absolute Gasteiger partial charge is 0.390 e. The fourth-order valence-electron chi connectivity index (χ4n) is 1.17. The molecule has 0 saturated heterocycles. The number of halogens is 1. The molecule has 1 aliphatic rings. The van der Waals surface area contributed by atoms with E-state index in [4.69, 9.17) is 26.2 Å². The Morgan fingerprint density at radius 2 is 2.07 bits per heavy atom. The molecule has 74 valence electrons. The van der Waals surface area contributed by atoms with Crippen LogP contribution in [0.5, 0.6) is 11.5 Å². The highest BCUT2D eigenvalue weighted by Gasteiger charge is 2.44. The molecule has 5 heteroatoms. The molecule has 0 aliphatic carbocycles. The van der Waals surface area contributed by atoms with Crippen molar-refractivity contribution in [2.45, 2.75) is 12.7 Å². The van der Waals surface area contributed by atoms with E-state index in [1.54, 1.807) is 12.1 Å². The molecule has 2 rings (SSSR count).